The zero-order valence-electron chi connectivity index (χ0n) is 13.0. The van der Waals surface area contributed by atoms with Crippen molar-refractivity contribution in [1.82, 2.24) is 0 Å². The van der Waals surface area contributed by atoms with Crippen molar-refractivity contribution in [2.75, 3.05) is 5.33 Å². The molecule has 2 aromatic rings. The van der Waals surface area contributed by atoms with Crippen LogP contribution in [0.15, 0.2) is 30.3 Å². The molecule has 4 rings (SSSR count). The lowest BCUT2D eigenvalue weighted by atomic mass is 9.85. The molecular weight excluding hydrogens is 436 g/mol. The van der Waals surface area contributed by atoms with E-state index in [1.54, 1.807) is 0 Å². The van der Waals surface area contributed by atoms with Gasteiger partial charge in [0.1, 0.15) is 12.4 Å². The molecule has 0 bridgehead atoms. The number of hydrogen-bond acceptors (Lipinski definition) is 3. The number of fused-ring (bicyclic) bond motifs is 4. The van der Waals surface area contributed by atoms with Crippen LogP contribution in [0.4, 0.5) is 0 Å². The second-order valence-electron chi connectivity index (χ2n) is 6.42. The summed E-state index contributed by atoms with van der Waals surface area (Å²) in [5.74, 6) is 0.829. The van der Waals surface area contributed by atoms with Crippen LogP contribution in [-0.2, 0) is 13.0 Å². The maximum absolute atomic E-state index is 10.4. The molecule has 2 aliphatic rings. The van der Waals surface area contributed by atoms with Gasteiger partial charge in [0, 0.05) is 15.7 Å². The molecule has 0 amide bonds. The number of alkyl halides is 2. The second-order valence-corrected chi connectivity index (χ2v) is 8.25. The van der Waals surface area contributed by atoms with Gasteiger partial charge in [0.25, 0.3) is 0 Å². The van der Waals surface area contributed by atoms with Crippen LogP contribution in [0.2, 0.25) is 0 Å². The molecule has 0 fully saturated rings. The Balaban J connectivity index is 1.79. The molecule has 2 N–H and O–H groups in total. The van der Waals surface area contributed by atoms with E-state index < -0.39 is 12.2 Å². The Bertz CT molecular complexity index is 790. The number of benzene rings is 2. The van der Waals surface area contributed by atoms with Gasteiger partial charge in [0.05, 0.1) is 12.2 Å². The molecule has 3 atom stereocenters. The Morgan fingerprint density at radius 1 is 1.17 bits per heavy atom. The average Bonchev–Trinajstić information content (AvgIpc) is 2.62. The summed E-state index contributed by atoms with van der Waals surface area (Å²) in [5, 5.41) is 21.0. The average molecular weight is 454 g/mol. The van der Waals surface area contributed by atoms with E-state index in [-0.39, 0.29) is 4.83 Å². The molecule has 1 aliphatic heterocycles. The SMILES string of the molecule is OC(CBr)c1ccc2c(c1)COc1cc3c(cc1-2)CCC(Br)C3O. The van der Waals surface area contributed by atoms with Gasteiger partial charge in [-0.2, -0.15) is 0 Å². The van der Waals surface area contributed by atoms with E-state index in [1.807, 2.05) is 18.2 Å². The highest BCUT2D eigenvalue weighted by atomic mass is 79.9. The summed E-state index contributed by atoms with van der Waals surface area (Å²) >= 11 is 6.87. The maximum Gasteiger partial charge on any atom is 0.128 e. The molecule has 2 aromatic carbocycles. The number of aliphatic hydroxyl groups excluding tert-OH is 2. The fraction of sp³-hybridized carbons (Fsp3) is 0.368. The van der Waals surface area contributed by atoms with Crippen molar-refractivity contribution in [1.29, 1.82) is 0 Å². The molecule has 0 saturated carbocycles. The molecule has 0 spiro atoms. The first-order valence-corrected chi connectivity index (χ1v) is 10.1. The Morgan fingerprint density at radius 2 is 2.00 bits per heavy atom. The Labute approximate surface area is 157 Å². The number of aliphatic hydroxyl groups is 2. The summed E-state index contributed by atoms with van der Waals surface area (Å²) in [6.45, 7) is 0.484. The number of halogens is 2. The Morgan fingerprint density at radius 3 is 2.79 bits per heavy atom. The molecule has 5 heteroatoms. The fourth-order valence-corrected chi connectivity index (χ4v) is 4.44. The van der Waals surface area contributed by atoms with Crippen LogP contribution in [-0.4, -0.2) is 20.4 Å². The van der Waals surface area contributed by atoms with Crippen LogP contribution in [0.1, 0.15) is 40.9 Å². The first kappa shape index (κ1) is 16.6. The van der Waals surface area contributed by atoms with Crippen LogP contribution in [0, 0.1) is 0 Å². The van der Waals surface area contributed by atoms with Gasteiger partial charge in [0.15, 0.2) is 0 Å². The summed E-state index contributed by atoms with van der Waals surface area (Å²) < 4.78 is 5.95. The molecule has 0 radical (unpaired) electrons. The summed E-state index contributed by atoms with van der Waals surface area (Å²) in [6, 6.07) is 10.2. The van der Waals surface area contributed by atoms with Crippen LogP contribution in [0.5, 0.6) is 5.75 Å². The van der Waals surface area contributed by atoms with E-state index in [4.69, 9.17) is 4.74 Å². The van der Waals surface area contributed by atoms with Crippen molar-refractivity contribution < 1.29 is 14.9 Å². The zero-order valence-corrected chi connectivity index (χ0v) is 16.2. The van der Waals surface area contributed by atoms with Crippen molar-refractivity contribution in [3.8, 4) is 16.9 Å². The topological polar surface area (TPSA) is 49.7 Å². The van der Waals surface area contributed by atoms with Crippen molar-refractivity contribution in [3.05, 3.63) is 52.6 Å². The Kier molecular flexibility index (Phi) is 4.45. The zero-order chi connectivity index (χ0) is 16.8. The largest absolute Gasteiger partial charge is 0.488 e. The number of rotatable bonds is 2. The van der Waals surface area contributed by atoms with Crippen molar-refractivity contribution >= 4 is 31.9 Å². The van der Waals surface area contributed by atoms with Gasteiger partial charge >= 0.3 is 0 Å². The smallest absolute Gasteiger partial charge is 0.128 e. The van der Waals surface area contributed by atoms with Gasteiger partial charge < -0.3 is 14.9 Å². The summed E-state index contributed by atoms with van der Waals surface area (Å²) in [5.41, 5.74) is 6.38. The lowest BCUT2D eigenvalue weighted by Gasteiger charge is -2.30. The van der Waals surface area contributed by atoms with E-state index >= 15 is 0 Å². The van der Waals surface area contributed by atoms with E-state index in [0.29, 0.717) is 11.9 Å². The van der Waals surface area contributed by atoms with E-state index in [0.717, 1.165) is 46.4 Å². The standard InChI is InChI=1S/C19H18Br2O3/c20-8-17(22)11-1-3-13-12(5-11)9-24-18-7-14-10(6-15(13)18)2-4-16(21)19(14)23/h1,3,5-7,16-17,19,22-23H,2,4,8-9H2. The number of ether oxygens (including phenoxy) is 1. The Hall–Kier alpha value is -0.880. The third-order valence-corrected chi connectivity index (χ3v) is 6.50. The quantitative estimate of drug-likeness (QED) is 0.662. The van der Waals surface area contributed by atoms with E-state index in [9.17, 15) is 10.2 Å². The molecule has 3 unspecified atom stereocenters. The second kappa shape index (κ2) is 6.45. The van der Waals surface area contributed by atoms with Gasteiger partial charge in [-0.3, -0.25) is 0 Å². The van der Waals surface area contributed by atoms with Gasteiger partial charge in [-0.1, -0.05) is 44.0 Å². The van der Waals surface area contributed by atoms with E-state index in [1.165, 1.54) is 5.56 Å². The highest BCUT2D eigenvalue weighted by molar-refractivity contribution is 9.09. The molecule has 1 aliphatic carbocycles. The maximum atomic E-state index is 10.4. The van der Waals surface area contributed by atoms with Crippen LogP contribution in [0.25, 0.3) is 11.1 Å². The monoisotopic (exact) mass is 452 g/mol. The molecular formula is C19H18Br2O3. The van der Waals surface area contributed by atoms with Gasteiger partial charge in [0.2, 0.25) is 0 Å². The van der Waals surface area contributed by atoms with E-state index in [2.05, 4.69) is 44.0 Å². The lowest BCUT2D eigenvalue weighted by molar-refractivity contribution is 0.164. The van der Waals surface area contributed by atoms with Crippen LogP contribution >= 0.6 is 31.9 Å². The van der Waals surface area contributed by atoms with Crippen molar-refractivity contribution in [2.45, 2.75) is 36.5 Å². The van der Waals surface area contributed by atoms with Gasteiger partial charge in [-0.05, 0) is 58.9 Å². The predicted octanol–water partition coefficient (Wildman–Crippen LogP) is 4.42. The third kappa shape index (κ3) is 2.71. The molecule has 1 heterocycles. The minimum absolute atomic E-state index is 0.104. The van der Waals surface area contributed by atoms with Crippen LogP contribution in [0.3, 0.4) is 0 Å². The van der Waals surface area contributed by atoms with Gasteiger partial charge in [-0.15, -0.1) is 0 Å². The first-order chi connectivity index (χ1) is 11.6. The highest BCUT2D eigenvalue weighted by Gasteiger charge is 2.29. The minimum atomic E-state index is -0.508. The predicted molar refractivity (Wildman–Crippen MR) is 101 cm³/mol. The first-order valence-electron chi connectivity index (χ1n) is 8.07. The minimum Gasteiger partial charge on any atom is -0.488 e. The highest BCUT2D eigenvalue weighted by Crippen LogP contribution is 2.44. The normalized spacial score (nSPS) is 22.8. The van der Waals surface area contributed by atoms with Crippen LogP contribution < -0.4 is 4.74 Å². The summed E-state index contributed by atoms with van der Waals surface area (Å²) in [7, 11) is 0. The molecule has 0 aromatic heterocycles. The molecule has 126 valence electrons. The lowest BCUT2D eigenvalue weighted by Crippen LogP contribution is -2.21. The van der Waals surface area contributed by atoms with Crippen molar-refractivity contribution in [3.63, 3.8) is 0 Å². The summed E-state index contributed by atoms with van der Waals surface area (Å²) in [4.78, 5) is 0.104. The molecule has 24 heavy (non-hydrogen) atoms. The van der Waals surface area contributed by atoms with Crippen molar-refractivity contribution in [2.24, 2.45) is 0 Å². The number of aryl methyl sites for hydroxylation is 1. The number of hydrogen-bond donors (Lipinski definition) is 2. The fourth-order valence-electron chi connectivity index (χ4n) is 3.56. The van der Waals surface area contributed by atoms with Gasteiger partial charge in [-0.25, -0.2) is 0 Å². The molecule has 0 saturated heterocycles. The summed E-state index contributed by atoms with van der Waals surface area (Å²) in [6.07, 6.45) is 0.884. The third-order valence-electron chi connectivity index (χ3n) is 4.93. The molecule has 3 nitrogen and oxygen atoms in total.